The molecule has 1 aromatic carbocycles. The summed E-state index contributed by atoms with van der Waals surface area (Å²) in [5.74, 6) is -0.304. The van der Waals surface area contributed by atoms with Gasteiger partial charge in [0.15, 0.2) is 0 Å². The molecule has 1 unspecified atom stereocenters. The van der Waals surface area contributed by atoms with Crippen LogP contribution in [-0.2, 0) is 9.59 Å². The smallest absolute Gasteiger partial charge is 0.263 e. The number of hydrogen-bond acceptors (Lipinski definition) is 4. The summed E-state index contributed by atoms with van der Waals surface area (Å²) < 4.78 is 2.01. The molecule has 0 bridgehead atoms. The van der Waals surface area contributed by atoms with E-state index in [0.717, 1.165) is 0 Å². The molecule has 1 saturated heterocycles. The number of hydrogen-bond donors (Lipinski definition) is 1. The summed E-state index contributed by atoms with van der Waals surface area (Å²) >= 11 is 3.35. The Morgan fingerprint density at radius 1 is 1.33 bits per heavy atom. The van der Waals surface area contributed by atoms with E-state index in [4.69, 9.17) is 0 Å². The molecule has 1 aliphatic heterocycles. The minimum absolute atomic E-state index is 0.219. The molecule has 0 spiro atoms. The molecule has 2 aromatic rings. The fraction of sp³-hybridized carbons (Fsp3) is 0.286. The van der Waals surface area contributed by atoms with Crippen molar-refractivity contribution in [2.75, 3.05) is 0 Å². The second-order valence-corrected chi connectivity index (χ2v) is 5.79. The molecular weight excluding hydrogens is 338 g/mol. The molecular formula is C14H12BrN3O3. The molecule has 0 aliphatic carbocycles. The normalized spacial score (nSPS) is 18.9. The van der Waals surface area contributed by atoms with E-state index >= 15 is 0 Å². The van der Waals surface area contributed by atoms with Gasteiger partial charge in [-0.2, -0.15) is 0 Å². The first-order valence-corrected chi connectivity index (χ1v) is 7.29. The van der Waals surface area contributed by atoms with Crippen LogP contribution in [0.5, 0.6) is 0 Å². The fourth-order valence-corrected chi connectivity index (χ4v) is 3.13. The van der Waals surface area contributed by atoms with Crippen LogP contribution in [0.2, 0.25) is 0 Å². The number of carbonyl (C=O) groups is 2. The maximum absolute atomic E-state index is 12.7. The van der Waals surface area contributed by atoms with Crippen LogP contribution < -0.4 is 10.9 Å². The molecule has 6 nitrogen and oxygen atoms in total. The van der Waals surface area contributed by atoms with Crippen LogP contribution in [0.25, 0.3) is 10.9 Å². The molecule has 2 heterocycles. The van der Waals surface area contributed by atoms with E-state index in [0.29, 0.717) is 27.6 Å². The Morgan fingerprint density at radius 3 is 2.81 bits per heavy atom. The first-order chi connectivity index (χ1) is 9.99. The highest BCUT2D eigenvalue weighted by atomic mass is 79.9. The van der Waals surface area contributed by atoms with Crippen LogP contribution in [0, 0.1) is 6.92 Å². The van der Waals surface area contributed by atoms with Gasteiger partial charge >= 0.3 is 0 Å². The Hall–Kier alpha value is -2.02. The second-order valence-electron chi connectivity index (χ2n) is 4.94. The van der Waals surface area contributed by atoms with Crippen LogP contribution in [-0.4, -0.2) is 21.4 Å². The third kappa shape index (κ3) is 2.27. The molecule has 1 aliphatic rings. The van der Waals surface area contributed by atoms with Crippen molar-refractivity contribution in [3.05, 3.63) is 38.9 Å². The van der Waals surface area contributed by atoms with E-state index in [2.05, 4.69) is 26.2 Å². The van der Waals surface area contributed by atoms with Crippen LogP contribution in [0.15, 0.2) is 27.5 Å². The molecule has 1 N–H and O–H groups in total. The predicted molar refractivity (Wildman–Crippen MR) is 79.9 cm³/mol. The van der Waals surface area contributed by atoms with Gasteiger partial charge in [0.05, 0.1) is 10.9 Å². The van der Waals surface area contributed by atoms with Gasteiger partial charge < -0.3 is 0 Å². The number of halogens is 1. The average molecular weight is 350 g/mol. The highest BCUT2D eigenvalue weighted by molar-refractivity contribution is 9.10. The lowest BCUT2D eigenvalue weighted by Gasteiger charge is -2.24. The van der Waals surface area contributed by atoms with Crippen molar-refractivity contribution in [1.82, 2.24) is 14.9 Å². The quantitative estimate of drug-likeness (QED) is 0.790. The van der Waals surface area contributed by atoms with Crippen LogP contribution >= 0.6 is 15.9 Å². The number of aryl methyl sites for hydroxylation is 1. The third-order valence-electron chi connectivity index (χ3n) is 3.58. The zero-order valence-electron chi connectivity index (χ0n) is 11.2. The molecule has 108 valence electrons. The molecule has 2 amide bonds. The molecule has 1 atom stereocenters. The van der Waals surface area contributed by atoms with Gasteiger partial charge in [0.2, 0.25) is 11.8 Å². The van der Waals surface area contributed by atoms with Crippen molar-refractivity contribution in [3.63, 3.8) is 0 Å². The van der Waals surface area contributed by atoms with Gasteiger partial charge in [-0.25, -0.2) is 4.98 Å². The fourth-order valence-electron chi connectivity index (χ4n) is 2.61. The van der Waals surface area contributed by atoms with Crippen molar-refractivity contribution >= 4 is 38.6 Å². The van der Waals surface area contributed by atoms with Crippen molar-refractivity contribution < 1.29 is 9.59 Å². The number of fused-ring (bicyclic) bond motifs is 1. The summed E-state index contributed by atoms with van der Waals surface area (Å²) in [5.41, 5.74) is 0.301. The summed E-state index contributed by atoms with van der Waals surface area (Å²) in [4.78, 5) is 40.4. The van der Waals surface area contributed by atoms with Gasteiger partial charge in [-0.05, 0) is 41.4 Å². The molecule has 1 aromatic heterocycles. The predicted octanol–water partition coefficient (Wildman–Crippen LogP) is 1.45. The molecule has 3 rings (SSSR count). The van der Waals surface area contributed by atoms with Crippen molar-refractivity contribution in [2.45, 2.75) is 25.8 Å². The number of carbonyl (C=O) groups excluding carboxylic acids is 2. The van der Waals surface area contributed by atoms with Crippen molar-refractivity contribution in [3.8, 4) is 0 Å². The van der Waals surface area contributed by atoms with Crippen molar-refractivity contribution in [1.29, 1.82) is 0 Å². The van der Waals surface area contributed by atoms with Gasteiger partial charge in [0.25, 0.3) is 5.56 Å². The number of nitrogens with one attached hydrogen (secondary N) is 1. The Morgan fingerprint density at radius 2 is 2.10 bits per heavy atom. The molecule has 7 heteroatoms. The minimum atomic E-state index is -0.695. The first kappa shape index (κ1) is 13.9. The van der Waals surface area contributed by atoms with E-state index in [1.807, 2.05) is 0 Å². The Bertz CT molecular complexity index is 828. The lowest BCUT2D eigenvalue weighted by molar-refractivity contribution is -0.135. The number of nitrogens with zero attached hydrogens (tertiary/aromatic N) is 2. The first-order valence-electron chi connectivity index (χ1n) is 6.50. The molecule has 0 radical (unpaired) electrons. The maximum Gasteiger partial charge on any atom is 0.263 e. The molecule has 0 saturated carbocycles. The monoisotopic (exact) mass is 349 g/mol. The number of rotatable bonds is 1. The topological polar surface area (TPSA) is 81.1 Å². The summed E-state index contributed by atoms with van der Waals surface area (Å²) in [6.45, 7) is 1.69. The summed E-state index contributed by atoms with van der Waals surface area (Å²) in [6, 6.07) is 4.62. The minimum Gasteiger partial charge on any atom is -0.295 e. The Kier molecular flexibility index (Phi) is 3.36. The van der Waals surface area contributed by atoms with E-state index < -0.39 is 11.9 Å². The van der Waals surface area contributed by atoms with E-state index in [-0.39, 0.29) is 17.9 Å². The number of piperidine rings is 1. The highest BCUT2D eigenvalue weighted by Crippen LogP contribution is 2.23. The Labute approximate surface area is 128 Å². The van der Waals surface area contributed by atoms with Gasteiger partial charge in [-0.15, -0.1) is 0 Å². The average Bonchev–Trinajstić information content (AvgIpc) is 2.40. The largest absolute Gasteiger partial charge is 0.295 e. The number of aromatic nitrogens is 2. The summed E-state index contributed by atoms with van der Waals surface area (Å²) in [7, 11) is 0. The van der Waals surface area contributed by atoms with Gasteiger partial charge in [-0.3, -0.25) is 24.3 Å². The molecule has 21 heavy (non-hydrogen) atoms. The number of amides is 2. The standard InChI is InChI=1S/C14H12BrN3O3/c1-7-16-9-4-2-3-8(15)12(9)14(21)18(7)10-5-6-11(19)17-13(10)20/h2-4,10H,5-6H2,1H3,(H,17,19,20). The maximum atomic E-state index is 12.7. The lowest BCUT2D eigenvalue weighted by Crippen LogP contribution is -2.45. The van der Waals surface area contributed by atoms with Crippen LogP contribution in [0.3, 0.4) is 0 Å². The highest BCUT2D eigenvalue weighted by Gasteiger charge is 2.30. The zero-order chi connectivity index (χ0) is 15.1. The lowest BCUT2D eigenvalue weighted by atomic mass is 10.1. The second kappa shape index (κ2) is 5.07. The van der Waals surface area contributed by atoms with E-state index in [1.165, 1.54) is 4.57 Å². The van der Waals surface area contributed by atoms with Gasteiger partial charge in [0, 0.05) is 10.9 Å². The number of benzene rings is 1. The van der Waals surface area contributed by atoms with Crippen LogP contribution in [0.4, 0.5) is 0 Å². The zero-order valence-corrected chi connectivity index (χ0v) is 12.8. The van der Waals surface area contributed by atoms with Crippen LogP contribution in [0.1, 0.15) is 24.7 Å². The SMILES string of the molecule is Cc1nc2cccc(Br)c2c(=O)n1C1CCC(=O)NC1=O. The van der Waals surface area contributed by atoms with Gasteiger partial charge in [-0.1, -0.05) is 6.07 Å². The number of imide groups is 1. The van der Waals surface area contributed by atoms with E-state index in [1.54, 1.807) is 25.1 Å². The summed E-state index contributed by atoms with van der Waals surface area (Å²) in [6.07, 6.45) is 0.527. The molecule has 1 fully saturated rings. The summed E-state index contributed by atoms with van der Waals surface area (Å²) in [5, 5.41) is 2.71. The third-order valence-corrected chi connectivity index (χ3v) is 4.24. The van der Waals surface area contributed by atoms with Gasteiger partial charge in [0.1, 0.15) is 11.9 Å². The Balaban J connectivity index is 2.24. The van der Waals surface area contributed by atoms with E-state index in [9.17, 15) is 14.4 Å². The van der Waals surface area contributed by atoms with Crippen molar-refractivity contribution in [2.24, 2.45) is 0 Å².